The van der Waals surface area contributed by atoms with E-state index in [1.165, 1.54) is 0 Å². The number of hydrogen-bond acceptors (Lipinski definition) is 6. The van der Waals surface area contributed by atoms with Gasteiger partial charge < -0.3 is 30.8 Å². The van der Waals surface area contributed by atoms with Crippen LogP contribution in [0.5, 0.6) is 0 Å². The van der Waals surface area contributed by atoms with Crippen LogP contribution in [-0.2, 0) is 14.4 Å². The lowest BCUT2D eigenvalue weighted by Gasteiger charge is -2.28. The first-order valence-corrected chi connectivity index (χ1v) is 20.5. The zero-order valence-corrected chi connectivity index (χ0v) is 32.7. The molecule has 3 aliphatic rings. The predicted octanol–water partition coefficient (Wildman–Crippen LogP) is 7.16. The molecule has 0 unspecified atom stereocenters. The summed E-state index contributed by atoms with van der Waals surface area (Å²) in [7, 11) is 0. The molecule has 2 saturated heterocycles. The molecule has 2 aromatic heterocycles. The van der Waals surface area contributed by atoms with Crippen LogP contribution in [0.2, 0.25) is 0 Å². The average Bonchev–Trinajstić information content (AvgIpc) is 3.73. The van der Waals surface area contributed by atoms with Gasteiger partial charge in [-0.05, 0) is 85.0 Å². The first kappa shape index (κ1) is 37.8. The first-order chi connectivity index (χ1) is 28.9. The lowest BCUT2D eigenvalue weighted by atomic mass is 10.0. The molecule has 0 bridgehead atoms. The molecule has 6 aromatic rings. The lowest BCUT2D eigenvalue weighted by Crippen LogP contribution is -2.43. The molecule has 4 aromatic carbocycles. The molecule has 2 aliphatic heterocycles. The van der Waals surface area contributed by atoms with E-state index in [0.29, 0.717) is 13.1 Å². The molecule has 3 amide bonds. The first-order valence-electron chi connectivity index (χ1n) is 20.5. The van der Waals surface area contributed by atoms with Crippen LogP contribution in [0.25, 0.3) is 22.5 Å². The van der Waals surface area contributed by atoms with Gasteiger partial charge in [0.1, 0.15) is 23.7 Å². The average molecular weight is 783 g/mol. The minimum atomic E-state index is -0.728. The third-order valence-corrected chi connectivity index (χ3v) is 11.7. The Labute approximate surface area is 343 Å². The van der Waals surface area contributed by atoms with Crippen LogP contribution in [0.15, 0.2) is 122 Å². The summed E-state index contributed by atoms with van der Waals surface area (Å²) in [5.41, 5.74) is 13.4. The molecule has 5 N–H and O–H groups in total. The van der Waals surface area contributed by atoms with Crippen molar-refractivity contribution in [2.75, 3.05) is 13.1 Å². The number of nitrogens with two attached hydrogens (primary N) is 1. The van der Waals surface area contributed by atoms with Gasteiger partial charge in [-0.25, -0.2) is 9.97 Å². The highest BCUT2D eigenvalue weighted by molar-refractivity contribution is 5.90. The number of benzene rings is 4. The Bertz CT molecular complexity index is 2500. The molecule has 4 heterocycles. The molecular weight excluding hydrogens is 737 g/mol. The second kappa shape index (κ2) is 16.6. The summed E-state index contributed by atoms with van der Waals surface area (Å²) < 4.78 is 0. The van der Waals surface area contributed by atoms with Gasteiger partial charge in [0.2, 0.25) is 17.7 Å². The maximum absolute atomic E-state index is 14.0. The minimum Gasteiger partial charge on any atom is -0.340 e. The van der Waals surface area contributed by atoms with Crippen molar-refractivity contribution in [2.24, 2.45) is 11.7 Å². The van der Waals surface area contributed by atoms with E-state index in [1.54, 1.807) is 0 Å². The highest BCUT2D eigenvalue weighted by atomic mass is 16.2. The van der Waals surface area contributed by atoms with Crippen molar-refractivity contribution >= 4 is 17.7 Å². The Hall–Kier alpha value is -6.77. The number of hydrogen-bond donors (Lipinski definition) is 4. The van der Waals surface area contributed by atoms with Gasteiger partial charge >= 0.3 is 0 Å². The number of nitrogens with zero attached hydrogens (tertiary/aromatic N) is 4. The van der Waals surface area contributed by atoms with Gasteiger partial charge in [0, 0.05) is 30.1 Å². The van der Waals surface area contributed by atoms with Crippen molar-refractivity contribution in [1.29, 1.82) is 0 Å². The molecule has 11 heteroatoms. The maximum atomic E-state index is 14.0. The molecule has 59 heavy (non-hydrogen) atoms. The lowest BCUT2D eigenvalue weighted by molar-refractivity contribution is -0.138. The van der Waals surface area contributed by atoms with E-state index >= 15 is 0 Å². The van der Waals surface area contributed by atoms with Crippen LogP contribution in [0.3, 0.4) is 0 Å². The highest BCUT2D eigenvalue weighted by Crippen LogP contribution is 2.36. The monoisotopic (exact) mass is 782 g/mol. The molecule has 9 rings (SSSR count). The number of aromatic nitrogens is 4. The third kappa shape index (κ3) is 8.18. The Morgan fingerprint density at radius 2 is 1.10 bits per heavy atom. The van der Waals surface area contributed by atoms with E-state index in [1.807, 2.05) is 131 Å². The van der Waals surface area contributed by atoms with Crippen molar-refractivity contribution in [1.82, 2.24) is 35.1 Å². The van der Waals surface area contributed by atoms with E-state index in [4.69, 9.17) is 10.7 Å². The Morgan fingerprint density at radius 3 is 1.59 bits per heavy atom. The molecule has 0 spiro atoms. The van der Waals surface area contributed by atoms with E-state index in [2.05, 4.69) is 32.1 Å². The number of amides is 3. The molecule has 1 saturated carbocycles. The second-order valence-corrected chi connectivity index (χ2v) is 15.7. The SMILES string of the molecule is N[C@@H](C(=O)N1CCC[C@H]1c1ncc(-c2ccc(C#Cc3ccc(-c4cnc([C@@H]5CCCN5C(=O)[C@H](NC(=O)C5CC5)c5ccccc5)[nH]4)cc3)cc2)[nH]1)c1ccccc1. The summed E-state index contributed by atoms with van der Waals surface area (Å²) in [5.74, 6) is 7.81. The normalized spacial score (nSPS) is 18.5. The van der Waals surface area contributed by atoms with E-state index in [0.717, 1.165) is 94.9 Å². The minimum absolute atomic E-state index is 0.00421. The molecule has 11 nitrogen and oxygen atoms in total. The van der Waals surface area contributed by atoms with Gasteiger partial charge in [-0.3, -0.25) is 14.4 Å². The number of H-pyrrole nitrogens is 2. The van der Waals surface area contributed by atoms with Crippen molar-refractivity contribution < 1.29 is 14.4 Å². The number of imidazole rings is 2. The second-order valence-electron chi connectivity index (χ2n) is 15.7. The van der Waals surface area contributed by atoms with Gasteiger partial charge in [0.25, 0.3) is 0 Å². The molecule has 3 fully saturated rings. The fourth-order valence-electron chi connectivity index (χ4n) is 8.23. The number of likely N-dealkylation sites (tertiary alicyclic amines) is 2. The molecule has 0 radical (unpaired) electrons. The summed E-state index contributed by atoms with van der Waals surface area (Å²) in [6.07, 6.45) is 8.77. The van der Waals surface area contributed by atoms with Crippen LogP contribution in [0.1, 0.15) is 96.6 Å². The number of aromatic amines is 2. The van der Waals surface area contributed by atoms with Crippen LogP contribution in [0.4, 0.5) is 0 Å². The van der Waals surface area contributed by atoms with Gasteiger partial charge in [-0.1, -0.05) is 96.8 Å². The van der Waals surface area contributed by atoms with Crippen LogP contribution in [-0.4, -0.2) is 60.5 Å². The number of carbonyl (C=O) groups is 3. The zero-order valence-electron chi connectivity index (χ0n) is 32.7. The molecule has 296 valence electrons. The van der Waals surface area contributed by atoms with E-state index in [9.17, 15) is 14.4 Å². The molecular formula is C48H46N8O3. The number of nitrogens with one attached hydrogen (secondary N) is 3. The maximum Gasteiger partial charge on any atom is 0.250 e. The van der Waals surface area contributed by atoms with Crippen molar-refractivity contribution in [2.45, 2.75) is 62.7 Å². The Balaban J connectivity index is 0.830. The molecule has 1 aliphatic carbocycles. The zero-order chi connectivity index (χ0) is 40.3. The summed E-state index contributed by atoms with van der Waals surface area (Å²) in [6.45, 7) is 1.26. The van der Waals surface area contributed by atoms with Gasteiger partial charge in [-0.15, -0.1) is 0 Å². The van der Waals surface area contributed by atoms with Crippen LogP contribution in [0, 0.1) is 17.8 Å². The van der Waals surface area contributed by atoms with Crippen LogP contribution < -0.4 is 11.1 Å². The Kier molecular flexibility index (Phi) is 10.6. The molecule has 4 atom stereocenters. The van der Waals surface area contributed by atoms with Crippen molar-refractivity contribution in [3.63, 3.8) is 0 Å². The summed E-state index contributed by atoms with van der Waals surface area (Å²) in [5, 5.41) is 3.04. The standard InChI is InChI=1S/C48H46N8O3/c49-42(35-9-3-1-4-10-35)47(58)55-27-7-13-40(55)44-50-29-38(52-44)33-21-17-31(18-22-33)15-16-32-19-23-34(24-20-32)39-30-51-45(53-39)41-14-8-28-56(41)48(59)43(36-11-5-2-6-12-36)54-46(57)37-25-26-37/h1-6,9-12,17-24,29-30,37,40-43H,7-8,13-14,25-28,49H2,(H,50,52)(H,51,53)(H,54,57)/t40-,41-,42+,43+/m0/s1. The smallest absolute Gasteiger partial charge is 0.250 e. The summed E-state index contributed by atoms with van der Waals surface area (Å²) >= 11 is 0. The topological polar surface area (TPSA) is 153 Å². The number of carbonyl (C=O) groups excluding carboxylic acids is 3. The van der Waals surface area contributed by atoms with E-state index in [-0.39, 0.29) is 35.7 Å². The summed E-state index contributed by atoms with van der Waals surface area (Å²) in [4.78, 5) is 60.3. The van der Waals surface area contributed by atoms with Crippen molar-refractivity contribution in [3.8, 4) is 34.4 Å². The fraction of sp³-hybridized carbons (Fsp3) is 0.271. The highest BCUT2D eigenvalue weighted by Gasteiger charge is 2.39. The van der Waals surface area contributed by atoms with Crippen molar-refractivity contribution in [3.05, 3.63) is 155 Å². The quantitative estimate of drug-likeness (QED) is 0.108. The van der Waals surface area contributed by atoms with Crippen LogP contribution >= 0.6 is 0 Å². The third-order valence-electron chi connectivity index (χ3n) is 11.7. The fourth-order valence-corrected chi connectivity index (χ4v) is 8.23. The van der Waals surface area contributed by atoms with Gasteiger partial charge in [0.05, 0.1) is 35.9 Å². The van der Waals surface area contributed by atoms with Gasteiger partial charge in [0.15, 0.2) is 0 Å². The summed E-state index contributed by atoms with van der Waals surface area (Å²) in [6, 6.07) is 33.3. The largest absolute Gasteiger partial charge is 0.340 e. The number of rotatable bonds is 10. The van der Waals surface area contributed by atoms with Gasteiger partial charge in [-0.2, -0.15) is 0 Å². The Morgan fingerprint density at radius 1 is 0.627 bits per heavy atom. The van der Waals surface area contributed by atoms with E-state index < -0.39 is 12.1 Å². The predicted molar refractivity (Wildman–Crippen MR) is 225 cm³/mol.